The Hall–Kier alpha value is -2.22. The van der Waals surface area contributed by atoms with Gasteiger partial charge in [0.25, 0.3) is 0 Å². The first-order chi connectivity index (χ1) is 12.3. The summed E-state index contributed by atoms with van der Waals surface area (Å²) in [4.78, 5) is 23.6. The van der Waals surface area contributed by atoms with Crippen LogP contribution in [0, 0.1) is 0 Å². The number of allylic oxidation sites excluding steroid dienone is 2. The van der Waals surface area contributed by atoms with Gasteiger partial charge >= 0.3 is 6.18 Å². The van der Waals surface area contributed by atoms with Crippen molar-refractivity contribution in [3.05, 3.63) is 40.6 Å². The molecule has 0 atom stereocenters. The SMILES string of the molecule is O=C(CCC(=O)Nc1cc(C(F)(F)F)ccc1Cl)NNC1=CCCCC1. The molecule has 3 N–H and O–H groups in total. The normalized spacial score (nSPS) is 14.4. The summed E-state index contributed by atoms with van der Waals surface area (Å²) >= 11 is 5.81. The largest absolute Gasteiger partial charge is 0.416 e. The number of hydrogen-bond donors (Lipinski definition) is 3. The molecule has 0 aliphatic heterocycles. The molecule has 1 aromatic carbocycles. The summed E-state index contributed by atoms with van der Waals surface area (Å²) in [6.07, 6.45) is 1.16. The van der Waals surface area contributed by atoms with E-state index in [4.69, 9.17) is 11.6 Å². The second-order valence-electron chi connectivity index (χ2n) is 5.89. The molecule has 0 heterocycles. The molecule has 5 nitrogen and oxygen atoms in total. The van der Waals surface area contributed by atoms with Gasteiger partial charge in [-0.25, -0.2) is 0 Å². The number of carbonyl (C=O) groups excluding carboxylic acids is 2. The highest BCUT2D eigenvalue weighted by atomic mass is 35.5. The van der Waals surface area contributed by atoms with Gasteiger partial charge in [-0.15, -0.1) is 0 Å². The first kappa shape index (κ1) is 20.1. The minimum Gasteiger partial charge on any atom is -0.325 e. The number of nitrogens with one attached hydrogen (secondary N) is 3. The lowest BCUT2D eigenvalue weighted by Crippen LogP contribution is -2.37. The molecule has 0 unspecified atom stereocenters. The fourth-order valence-electron chi connectivity index (χ4n) is 2.40. The highest BCUT2D eigenvalue weighted by Crippen LogP contribution is 2.33. The Morgan fingerprint density at radius 3 is 2.50 bits per heavy atom. The second kappa shape index (κ2) is 8.93. The van der Waals surface area contributed by atoms with Crippen molar-refractivity contribution in [3.8, 4) is 0 Å². The topological polar surface area (TPSA) is 70.2 Å². The molecule has 0 bridgehead atoms. The van der Waals surface area contributed by atoms with Crippen molar-refractivity contribution < 1.29 is 22.8 Å². The monoisotopic (exact) mass is 389 g/mol. The van der Waals surface area contributed by atoms with Crippen LogP contribution in [0.2, 0.25) is 5.02 Å². The van der Waals surface area contributed by atoms with E-state index >= 15 is 0 Å². The Labute approximate surface area is 153 Å². The third-order valence-electron chi connectivity index (χ3n) is 3.80. The van der Waals surface area contributed by atoms with Crippen molar-refractivity contribution in [2.45, 2.75) is 44.7 Å². The number of hydrazine groups is 1. The van der Waals surface area contributed by atoms with Crippen molar-refractivity contribution in [2.75, 3.05) is 5.32 Å². The number of anilines is 1. The zero-order chi connectivity index (χ0) is 19.2. The zero-order valence-corrected chi connectivity index (χ0v) is 14.6. The highest BCUT2D eigenvalue weighted by Gasteiger charge is 2.31. The smallest absolute Gasteiger partial charge is 0.325 e. The predicted octanol–water partition coefficient (Wildman–Crippen LogP) is 4.16. The summed E-state index contributed by atoms with van der Waals surface area (Å²) < 4.78 is 38.1. The highest BCUT2D eigenvalue weighted by molar-refractivity contribution is 6.33. The molecule has 1 aromatic rings. The standard InChI is InChI=1S/C17H19ClF3N3O2/c18-13-7-6-11(17(19,20)21)10-14(13)22-15(25)8-9-16(26)24-23-12-4-2-1-3-5-12/h4,6-7,10,23H,1-3,5,8-9H2,(H,22,25)(H,24,26). The Bertz CT molecular complexity index is 705. The van der Waals surface area contributed by atoms with E-state index in [-0.39, 0.29) is 29.5 Å². The number of benzene rings is 1. The Balaban J connectivity index is 1.81. The average molecular weight is 390 g/mol. The summed E-state index contributed by atoms with van der Waals surface area (Å²) in [5.74, 6) is -0.986. The van der Waals surface area contributed by atoms with Gasteiger partial charge in [-0.05, 0) is 43.9 Å². The lowest BCUT2D eigenvalue weighted by molar-refractivity contribution is -0.137. The molecule has 2 rings (SSSR count). The lowest BCUT2D eigenvalue weighted by atomic mass is 10.1. The van der Waals surface area contributed by atoms with Crippen LogP contribution in [-0.4, -0.2) is 11.8 Å². The number of amides is 2. The van der Waals surface area contributed by atoms with Crippen LogP contribution < -0.4 is 16.2 Å². The van der Waals surface area contributed by atoms with E-state index < -0.39 is 17.6 Å². The van der Waals surface area contributed by atoms with Crippen LogP contribution in [0.25, 0.3) is 0 Å². The van der Waals surface area contributed by atoms with Crippen LogP contribution in [0.3, 0.4) is 0 Å². The van der Waals surface area contributed by atoms with Crippen molar-refractivity contribution in [3.63, 3.8) is 0 Å². The van der Waals surface area contributed by atoms with E-state index in [1.54, 1.807) is 0 Å². The van der Waals surface area contributed by atoms with Crippen LogP contribution in [0.15, 0.2) is 30.0 Å². The van der Waals surface area contributed by atoms with E-state index in [0.29, 0.717) is 0 Å². The van der Waals surface area contributed by atoms with E-state index in [2.05, 4.69) is 16.2 Å². The molecule has 0 radical (unpaired) electrons. The van der Waals surface area contributed by atoms with Crippen LogP contribution in [0.1, 0.15) is 44.1 Å². The minimum absolute atomic E-state index is 0.0123. The molecule has 0 fully saturated rings. The van der Waals surface area contributed by atoms with Crippen molar-refractivity contribution in [1.82, 2.24) is 10.9 Å². The lowest BCUT2D eigenvalue weighted by Gasteiger charge is -2.15. The summed E-state index contributed by atoms with van der Waals surface area (Å²) in [5, 5.41) is 2.29. The maximum absolute atomic E-state index is 12.7. The van der Waals surface area contributed by atoms with E-state index in [1.165, 1.54) is 0 Å². The van der Waals surface area contributed by atoms with Gasteiger partial charge in [-0.1, -0.05) is 17.7 Å². The molecule has 1 aliphatic carbocycles. The van der Waals surface area contributed by atoms with E-state index in [9.17, 15) is 22.8 Å². The van der Waals surface area contributed by atoms with Gasteiger partial charge in [0.15, 0.2) is 0 Å². The number of carbonyl (C=O) groups is 2. The second-order valence-corrected chi connectivity index (χ2v) is 6.30. The molecule has 1 aliphatic rings. The van der Waals surface area contributed by atoms with E-state index in [0.717, 1.165) is 49.6 Å². The number of halogens is 4. The van der Waals surface area contributed by atoms with Gasteiger partial charge in [0.1, 0.15) is 0 Å². The maximum atomic E-state index is 12.7. The number of hydrogen-bond acceptors (Lipinski definition) is 3. The van der Waals surface area contributed by atoms with Gasteiger partial charge in [-0.2, -0.15) is 13.2 Å². The van der Waals surface area contributed by atoms with Crippen molar-refractivity contribution in [1.29, 1.82) is 0 Å². The minimum atomic E-state index is -4.54. The molecular formula is C17H19ClF3N3O2. The zero-order valence-electron chi connectivity index (χ0n) is 13.9. The van der Waals surface area contributed by atoms with Gasteiger partial charge < -0.3 is 10.7 Å². The molecule has 142 valence electrons. The van der Waals surface area contributed by atoms with Crippen molar-refractivity contribution >= 4 is 29.1 Å². The molecule has 0 spiro atoms. The quantitative estimate of drug-likeness (QED) is 0.640. The average Bonchev–Trinajstić information content (AvgIpc) is 2.60. The van der Waals surface area contributed by atoms with Crippen LogP contribution >= 0.6 is 11.6 Å². The molecular weight excluding hydrogens is 371 g/mol. The van der Waals surface area contributed by atoms with Gasteiger partial charge in [0.05, 0.1) is 16.3 Å². The van der Waals surface area contributed by atoms with Crippen LogP contribution in [0.4, 0.5) is 18.9 Å². The van der Waals surface area contributed by atoms with Gasteiger partial charge in [0, 0.05) is 18.5 Å². The van der Waals surface area contributed by atoms with Crippen LogP contribution in [0.5, 0.6) is 0 Å². The third-order valence-corrected chi connectivity index (χ3v) is 4.13. The molecule has 2 amide bonds. The third kappa shape index (κ3) is 6.25. The Kier molecular flexibility index (Phi) is 6.90. The number of rotatable bonds is 6. The first-order valence-electron chi connectivity index (χ1n) is 8.16. The molecule has 0 aromatic heterocycles. The Morgan fingerprint density at radius 2 is 1.85 bits per heavy atom. The van der Waals surface area contributed by atoms with Gasteiger partial charge in [0.2, 0.25) is 11.8 Å². The van der Waals surface area contributed by atoms with Crippen LogP contribution in [-0.2, 0) is 15.8 Å². The summed E-state index contributed by atoms with van der Waals surface area (Å²) in [5.41, 5.74) is 5.19. The van der Waals surface area contributed by atoms with Crippen molar-refractivity contribution in [2.24, 2.45) is 0 Å². The fourth-order valence-corrected chi connectivity index (χ4v) is 2.57. The molecule has 26 heavy (non-hydrogen) atoms. The molecule has 0 saturated heterocycles. The summed E-state index contributed by atoms with van der Waals surface area (Å²) in [6, 6.07) is 2.66. The summed E-state index contributed by atoms with van der Waals surface area (Å²) in [7, 11) is 0. The number of alkyl halides is 3. The summed E-state index contributed by atoms with van der Waals surface area (Å²) in [6.45, 7) is 0. The van der Waals surface area contributed by atoms with E-state index in [1.807, 2.05) is 6.08 Å². The fraction of sp³-hybridized carbons (Fsp3) is 0.412. The molecule has 0 saturated carbocycles. The maximum Gasteiger partial charge on any atom is 0.416 e. The predicted molar refractivity (Wildman–Crippen MR) is 92.1 cm³/mol. The first-order valence-corrected chi connectivity index (χ1v) is 8.54. The Morgan fingerprint density at radius 1 is 1.12 bits per heavy atom. The van der Waals surface area contributed by atoms with Gasteiger partial charge in [-0.3, -0.25) is 15.0 Å². The molecule has 9 heteroatoms.